The van der Waals surface area contributed by atoms with Crippen LogP contribution < -0.4 is 10.6 Å². The van der Waals surface area contributed by atoms with Crippen LogP contribution in [0.2, 0.25) is 0 Å². The molecule has 1 heterocycles. The van der Waals surface area contributed by atoms with Crippen molar-refractivity contribution in [3.05, 3.63) is 59.7 Å². The highest BCUT2D eigenvalue weighted by atomic mass is 16.6. The molecule has 3 N–H and O–H groups in total. The second kappa shape index (κ2) is 10.9. The number of carboxylic acid groups (broad SMARTS) is 1. The average molecular weight is 481 g/mol. The third kappa shape index (κ3) is 5.48. The van der Waals surface area contributed by atoms with E-state index in [9.17, 15) is 19.5 Å². The Kier molecular flexibility index (Phi) is 7.70. The molecule has 1 aliphatic heterocycles. The Morgan fingerprint density at radius 2 is 1.71 bits per heavy atom. The monoisotopic (exact) mass is 480 g/mol. The van der Waals surface area contributed by atoms with Crippen LogP contribution in [-0.4, -0.2) is 54.5 Å². The maximum Gasteiger partial charge on any atom is 0.407 e. The molecule has 8 nitrogen and oxygen atoms in total. The van der Waals surface area contributed by atoms with Crippen molar-refractivity contribution in [3.8, 4) is 11.1 Å². The summed E-state index contributed by atoms with van der Waals surface area (Å²) in [5.41, 5.74) is 4.51. The van der Waals surface area contributed by atoms with Gasteiger partial charge < -0.3 is 25.2 Å². The quantitative estimate of drug-likeness (QED) is 0.504. The first-order chi connectivity index (χ1) is 16.9. The third-order valence-corrected chi connectivity index (χ3v) is 6.95. The zero-order valence-electron chi connectivity index (χ0n) is 20.0. The smallest absolute Gasteiger partial charge is 0.407 e. The molecule has 8 heteroatoms. The van der Waals surface area contributed by atoms with Crippen LogP contribution in [-0.2, 0) is 19.1 Å². The van der Waals surface area contributed by atoms with Crippen molar-refractivity contribution in [2.75, 3.05) is 13.2 Å². The lowest BCUT2D eigenvalue weighted by molar-refractivity contribution is -0.144. The number of alkyl carbamates (subject to hydrolysis) is 1. The molecule has 0 bridgehead atoms. The minimum atomic E-state index is -1.09. The normalized spacial score (nSPS) is 20.4. The van der Waals surface area contributed by atoms with E-state index in [1.54, 1.807) is 0 Å². The summed E-state index contributed by atoms with van der Waals surface area (Å²) >= 11 is 0. The molecule has 1 fully saturated rings. The Morgan fingerprint density at radius 1 is 1.09 bits per heavy atom. The Bertz CT molecular complexity index is 1040. The Labute approximate surface area is 205 Å². The Morgan fingerprint density at radius 3 is 2.31 bits per heavy atom. The van der Waals surface area contributed by atoms with Crippen molar-refractivity contribution >= 4 is 18.0 Å². The summed E-state index contributed by atoms with van der Waals surface area (Å²) in [5, 5.41) is 14.8. The van der Waals surface area contributed by atoms with Gasteiger partial charge in [-0.25, -0.2) is 9.59 Å². The minimum absolute atomic E-state index is 0.0658. The molecule has 1 aliphatic carbocycles. The first-order valence-corrected chi connectivity index (χ1v) is 12.1. The lowest BCUT2D eigenvalue weighted by Crippen LogP contribution is -2.52. The van der Waals surface area contributed by atoms with Crippen molar-refractivity contribution in [2.24, 2.45) is 5.92 Å². The lowest BCUT2D eigenvalue weighted by atomic mass is 9.98. The lowest BCUT2D eigenvalue weighted by Gasteiger charge is -2.23. The molecule has 0 saturated carbocycles. The van der Waals surface area contributed by atoms with Gasteiger partial charge in [0.2, 0.25) is 0 Å². The molecular weight excluding hydrogens is 448 g/mol. The second-order valence-electron chi connectivity index (χ2n) is 9.30. The number of amides is 2. The number of benzene rings is 2. The fraction of sp³-hybridized carbons (Fsp3) is 0.444. The van der Waals surface area contributed by atoms with E-state index in [2.05, 4.69) is 22.8 Å². The van der Waals surface area contributed by atoms with Crippen molar-refractivity contribution in [3.63, 3.8) is 0 Å². The zero-order valence-corrected chi connectivity index (χ0v) is 20.0. The van der Waals surface area contributed by atoms with Crippen molar-refractivity contribution in [1.82, 2.24) is 10.6 Å². The van der Waals surface area contributed by atoms with Crippen LogP contribution in [0.3, 0.4) is 0 Å². The first kappa shape index (κ1) is 24.7. The van der Waals surface area contributed by atoms with Gasteiger partial charge in [-0.15, -0.1) is 0 Å². The molecule has 2 aromatic carbocycles. The van der Waals surface area contributed by atoms with E-state index < -0.39 is 36.2 Å². The minimum Gasteiger partial charge on any atom is -0.480 e. The standard InChI is InChI=1S/C27H32N2O6/c1-3-16(2)14-23(26(31)32)28-25(30)24-22(12-13-34-24)29-27(33)35-15-21-19-10-6-4-8-17(19)18-9-5-7-11-20(18)21/h4-11,16,21-24H,3,12-15H2,1-2H3,(H,28,30)(H,29,33)(H,31,32)/t16?,22-,23?,24+/m1/s1. The number of carbonyl (C=O) groups is 3. The molecule has 4 atom stereocenters. The van der Waals surface area contributed by atoms with Crippen LogP contribution in [0.4, 0.5) is 4.79 Å². The molecule has 2 amide bonds. The highest BCUT2D eigenvalue weighted by molar-refractivity contribution is 5.87. The van der Waals surface area contributed by atoms with E-state index in [1.807, 2.05) is 50.2 Å². The van der Waals surface area contributed by atoms with Gasteiger partial charge in [-0.3, -0.25) is 4.79 Å². The van der Waals surface area contributed by atoms with Gasteiger partial charge in [0.15, 0.2) is 6.10 Å². The van der Waals surface area contributed by atoms with Crippen LogP contribution in [0.5, 0.6) is 0 Å². The van der Waals surface area contributed by atoms with Crippen LogP contribution in [0, 0.1) is 5.92 Å². The van der Waals surface area contributed by atoms with Crippen molar-refractivity contribution in [1.29, 1.82) is 0 Å². The van der Waals surface area contributed by atoms with E-state index in [-0.39, 0.29) is 25.0 Å². The van der Waals surface area contributed by atoms with Gasteiger partial charge in [0.05, 0.1) is 6.04 Å². The molecule has 0 radical (unpaired) electrons. The predicted molar refractivity (Wildman–Crippen MR) is 130 cm³/mol. The van der Waals surface area contributed by atoms with Gasteiger partial charge in [0, 0.05) is 12.5 Å². The summed E-state index contributed by atoms with van der Waals surface area (Å²) in [7, 11) is 0. The topological polar surface area (TPSA) is 114 Å². The third-order valence-electron chi connectivity index (χ3n) is 6.95. The second-order valence-corrected chi connectivity index (χ2v) is 9.30. The van der Waals surface area contributed by atoms with Crippen LogP contribution >= 0.6 is 0 Å². The fourth-order valence-corrected chi connectivity index (χ4v) is 4.83. The van der Waals surface area contributed by atoms with Crippen LogP contribution in [0.25, 0.3) is 11.1 Å². The summed E-state index contributed by atoms with van der Waals surface area (Å²) in [6.07, 6.45) is -0.0186. The number of hydrogen-bond donors (Lipinski definition) is 3. The largest absolute Gasteiger partial charge is 0.480 e. The molecule has 1 saturated heterocycles. The summed E-state index contributed by atoms with van der Waals surface area (Å²) in [6.45, 7) is 4.37. The first-order valence-electron chi connectivity index (χ1n) is 12.1. The number of ether oxygens (including phenoxy) is 2. The molecule has 4 rings (SSSR count). The SMILES string of the molecule is CCC(C)CC(NC(=O)[C@H]1OCC[C@H]1NC(=O)OCC1c2ccccc2-c2ccccc21)C(=O)O. The Hall–Kier alpha value is -3.39. The summed E-state index contributed by atoms with van der Waals surface area (Å²) < 4.78 is 11.1. The molecular formula is C27H32N2O6. The maximum absolute atomic E-state index is 12.8. The zero-order chi connectivity index (χ0) is 24.9. The highest BCUT2D eigenvalue weighted by Crippen LogP contribution is 2.44. The summed E-state index contributed by atoms with van der Waals surface area (Å²) in [4.78, 5) is 37.0. The number of nitrogens with one attached hydrogen (secondary N) is 2. The van der Waals surface area contributed by atoms with Gasteiger partial charge in [0.25, 0.3) is 5.91 Å². The van der Waals surface area contributed by atoms with Gasteiger partial charge in [-0.1, -0.05) is 68.8 Å². The van der Waals surface area contributed by atoms with Crippen LogP contribution in [0.1, 0.15) is 50.2 Å². The van der Waals surface area contributed by atoms with Gasteiger partial charge in [-0.05, 0) is 41.0 Å². The van der Waals surface area contributed by atoms with E-state index in [4.69, 9.17) is 9.47 Å². The molecule has 2 unspecified atom stereocenters. The number of hydrogen-bond acceptors (Lipinski definition) is 5. The van der Waals surface area contributed by atoms with Crippen LogP contribution in [0.15, 0.2) is 48.5 Å². The maximum atomic E-state index is 12.8. The van der Waals surface area contributed by atoms with Crippen molar-refractivity contribution in [2.45, 2.75) is 57.2 Å². The Balaban J connectivity index is 1.35. The van der Waals surface area contributed by atoms with E-state index in [0.717, 1.165) is 28.7 Å². The van der Waals surface area contributed by atoms with E-state index in [0.29, 0.717) is 12.8 Å². The average Bonchev–Trinajstić information content (AvgIpc) is 3.44. The summed E-state index contributed by atoms with van der Waals surface area (Å²) in [6, 6.07) is 14.6. The highest BCUT2D eigenvalue weighted by Gasteiger charge is 2.38. The van der Waals surface area contributed by atoms with Gasteiger partial charge in [0.1, 0.15) is 12.6 Å². The number of carbonyl (C=O) groups excluding carboxylic acids is 2. The number of fused-ring (bicyclic) bond motifs is 3. The number of aliphatic carboxylic acids is 1. The molecule has 186 valence electrons. The summed E-state index contributed by atoms with van der Waals surface area (Å²) in [5.74, 6) is -1.54. The fourth-order valence-electron chi connectivity index (χ4n) is 4.83. The molecule has 0 aromatic heterocycles. The van der Waals surface area contributed by atoms with Gasteiger partial charge in [-0.2, -0.15) is 0 Å². The van der Waals surface area contributed by atoms with E-state index in [1.165, 1.54) is 0 Å². The molecule has 35 heavy (non-hydrogen) atoms. The molecule has 0 spiro atoms. The molecule has 2 aromatic rings. The van der Waals surface area contributed by atoms with E-state index >= 15 is 0 Å². The number of carboxylic acids is 1. The molecule has 2 aliphatic rings. The number of rotatable bonds is 9. The van der Waals surface area contributed by atoms with Gasteiger partial charge >= 0.3 is 12.1 Å². The van der Waals surface area contributed by atoms with Crippen molar-refractivity contribution < 1.29 is 29.0 Å². The predicted octanol–water partition coefficient (Wildman–Crippen LogP) is 3.69.